The zero-order valence-corrected chi connectivity index (χ0v) is 8.15. The van der Waals surface area contributed by atoms with E-state index in [-0.39, 0.29) is 5.82 Å². The Kier molecular flexibility index (Phi) is 1.68. The minimum Gasteiger partial charge on any atom is -0.316 e. The predicted octanol–water partition coefficient (Wildman–Crippen LogP) is 2.00. The predicted molar refractivity (Wildman–Crippen MR) is 53.9 cm³/mol. The fourth-order valence-corrected chi connectivity index (χ4v) is 2.53. The topological polar surface area (TPSA) is 12.0 Å². The van der Waals surface area contributed by atoms with Crippen molar-refractivity contribution in [3.8, 4) is 0 Å². The van der Waals surface area contributed by atoms with Gasteiger partial charge in [0.05, 0.1) is 0 Å². The van der Waals surface area contributed by atoms with Crippen LogP contribution >= 0.6 is 0 Å². The summed E-state index contributed by atoms with van der Waals surface area (Å²) >= 11 is 0. The normalized spacial score (nSPS) is 22.9. The van der Waals surface area contributed by atoms with Gasteiger partial charge in [0.1, 0.15) is 5.82 Å². The molecule has 0 aromatic heterocycles. The van der Waals surface area contributed by atoms with Crippen LogP contribution in [0.3, 0.4) is 0 Å². The van der Waals surface area contributed by atoms with Gasteiger partial charge in [-0.15, -0.1) is 0 Å². The van der Waals surface area contributed by atoms with E-state index in [4.69, 9.17) is 0 Å². The molecule has 0 bridgehead atoms. The lowest BCUT2D eigenvalue weighted by Crippen LogP contribution is -2.24. The van der Waals surface area contributed by atoms with Crippen LogP contribution < -0.4 is 5.32 Å². The van der Waals surface area contributed by atoms with Crippen LogP contribution in [0.25, 0.3) is 0 Å². The number of fused-ring (bicyclic) bond motifs is 2. The van der Waals surface area contributed by atoms with Gasteiger partial charge in [-0.1, -0.05) is 6.07 Å². The van der Waals surface area contributed by atoms with Crippen molar-refractivity contribution >= 4 is 0 Å². The Morgan fingerprint density at radius 3 is 2.93 bits per heavy atom. The second-order valence-electron chi connectivity index (χ2n) is 4.51. The average molecular weight is 191 g/mol. The van der Waals surface area contributed by atoms with E-state index in [2.05, 4.69) is 5.32 Å². The van der Waals surface area contributed by atoms with Crippen LogP contribution in [0.4, 0.5) is 4.39 Å². The van der Waals surface area contributed by atoms with Gasteiger partial charge >= 0.3 is 0 Å². The summed E-state index contributed by atoms with van der Waals surface area (Å²) in [6, 6.07) is 5.30. The largest absolute Gasteiger partial charge is 0.316 e. The third kappa shape index (κ3) is 1.17. The molecule has 3 rings (SSSR count). The van der Waals surface area contributed by atoms with Crippen molar-refractivity contribution in [1.29, 1.82) is 0 Å². The van der Waals surface area contributed by atoms with E-state index in [0.717, 1.165) is 19.5 Å². The molecule has 0 saturated heterocycles. The third-order valence-electron chi connectivity index (χ3n) is 3.53. The van der Waals surface area contributed by atoms with E-state index >= 15 is 0 Å². The molecule has 1 aliphatic carbocycles. The van der Waals surface area contributed by atoms with Gasteiger partial charge in [0.2, 0.25) is 0 Å². The highest BCUT2D eigenvalue weighted by Crippen LogP contribution is 2.49. The van der Waals surface area contributed by atoms with Gasteiger partial charge in [-0.3, -0.25) is 0 Å². The Morgan fingerprint density at radius 1 is 1.29 bits per heavy atom. The first-order valence-electron chi connectivity index (χ1n) is 5.30. The van der Waals surface area contributed by atoms with Crippen LogP contribution in [0, 0.1) is 5.82 Å². The number of benzene rings is 1. The molecule has 1 aromatic rings. The molecule has 2 aliphatic rings. The monoisotopic (exact) mass is 191 g/mol. The Hall–Kier alpha value is -0.890. The molecule has 1 spiro atoms. The number of hydrogen-bond acceptors (Lipinski definition) is 1. The molecule has 1 heterocycles. The molecule has 1 saturated carbocycles. The summed E-state index contributed by atoms with van der Waals surface area (Å²) < 4.78 is 13.1. The van der Waals surface area contributed by atoms with Crippen molar-refractivity contribution in [2.75, 3.05) is 13.1 Å². The fraction of sp³-hybridized carbons (Fsp3) is 0.500. The molecule has 0 amide bonds. The molecule has 0 radical (unpaired) electrons. The molecular weight excluding hydrogens is 177 g/mol. The van der Waals surface area contributed by atoms with Crippen molar-refractivity contribution in [3.63, 3.8) is 0 Å². The van der Waals surface area contributed by atoms with Crippen LogP contribution in [0.15, 0.2) is 18.2 Å². The first-order chi connectivity index (χ1) is 6.80. The van der Waals surface area contributed by atoms with Crippen LogP contribution in [0.2, 0.25) is 0 Å². The number of rotatable bonds is 0. The maximum Gasteiger partial charge on any atom is 0.123 e. The first-order valence-corrected chi connectivity index (χ1v) is 5.30. The molecular formula is C12H14FN. The Bertz CT molecular complexity index is 369. The average Bonchev–Trinajstić information content (AvgIpc) is 2.95. The highest BCUT2D eigenvalue weighted by molar-refractivity contribution is 5.40. The second-order valence-corrected chi connectivity index (χ2v) is 4.51. The van der Waals surface area contributed by atoms with E-state index in [1.807, 2.05) is 6.07 Å². The highest BCUT2D eigenvalue weighted by atomic mass is 19.1. The highest BCUT2D eigenvalue weighted by Gasteiger charge is 2.45. The zero-order valence-electron chi connectivity index (χ0n) is 8.15. The van der Waals surface area contributed by atoms with Gasteiger partial charge in [0.25, 0.3) is 0 Å². The summed E-state index contributed by atoms with van der Waals surface area (Å²) in [5.74, 6) is -0.0959. The van der Waals surface area contributed by atoms with Gasteiger partial charge < -0.3 is 5.32 Å². The van der Waals surface area contributed by atoms with Crippen LogP contribution in [-0.4, -0.2) is 13.1 Å². The van der Waals surface area contributed by atoms with Crippen LogP contribution in [-0.2, 0) is 11.8 Å². The van der Waals surface area contributed by atoms with Gasteiger partial charge in [-0.05, 0) is 49.1 Å². The Balaban J connectivity index is 2.11. The molecule has 0 atom stereocenters. The summed E-state index contributed by atoms with van der Waals surface area (Å²) in [6.45, 7) is 2.06. The Morgan fingerprint density at radius 2 is 2.14 bits per heavy atom. The smallest absolute Gasteiger partial charge is 0.123 e. The number of halogens is 1. The van der Waals surface area contributed by atoms with Crippen molar-refractivity contribution < 1.29 is 4.39 Å². The maximum atomic E-state index is 13.1. The third-order valence-corrected chi connectivity index (χ3v) is 3.53. The first kappa shape index (κ1) is 8.42. The minimum absolute atomic E-state index is 0.0959. The summed E-state index contributed by atoms with van der Waals surface area (Å²) in [5.41, 5.74) is 2.97. The van der Waals surface area contributed by atoms with Gasteiger partial charge in [0, 0.05) is 12.0 Å². The fourth-order valence-electron chi connectivity index (χ4n) is 2.53. The lowest BCUT2D eigenvalue weighted by Gasteiger charge is -2.15. The summed E-state index contributed by atoms with van der Waals surface area (Å²) in [6.07, 6.45) is 3.49. The van der Waals surface area contributed by atoms with Gasteiger partial charge in [-0.2, -0.15) is 0 Å². The van der Waals surface area contributed by atoms with Crippen LogP contribution in [0.1, 0.15) is 24.0 Å². The molecule has 1 aliphatic heterocycles. The SMILES string of the molecule is Fc1ccc2c(c1)CCNCC21CC1. The van der Waals surface area contributed by atoms with E-state index in [1.54, 1.807) is 12.1 Å². The van der Waals surface area contributed by atoms with E-state index in [0.29, 0.717) is 5.41 Å². The van der Waals surface area contributed by atoms with Crippen molar-refractivity contribution in [2.45, 2.75) is 24.7 Å². The molecule has 2 heteroatoms. The van der Waals surface area contributed by atoms with Gasteiger partial charge in [-0.25, -0.2) is 4.39 Å². The van der Waals surface area contributed by atoms with E-state index < -0.39 is 0 Å². The van der Waals surface area contributed by atoms with Crippen LogP contribution in [0.5, 0.6) is 0 Å². The van der Waals surface area contributed by atoms with Crippen molar-refractivity contribution in [2.24, 2.45) is 0 Å². The maximum absolute atomic E-state index is 13.1. The van der Waals surface area contributed by atoms with Gasteiger partial charge in [0.15, 0.2) is 0 Å². The lowest BCUT2D eigenvalue weighted by molar-refractivity contribution is 0.601. The summed E-state index contributed by atoms with van der Waals surface area (Å²) in [7, 11) is 0. The molecule has 74 valence electrons. The molecule has 1 aromatic carbocycles. The quantitative estimate of drug-likeness (QED) is 0.661. The second kappa shape index (κ2) is 2.80. The molecule has 14 heavy (non-hydrogen) atoms. The molecule has 1 nitrogen and oxygen atoms in total. The lowest BCUT2D eigenvalue weighted by atomic mass is 9.91. The number of hydrogen-bond donors (Lipinski definition) is 1. The van der Waals surface area contributed by atoms with Crippen molar-refractivity contribution in [3.05, 3.63) is 35.1 Å². The standard InChI is InChI=1S/C12H14FN/c13-10-1-2-11-9(7-10)3-6-14-8-12(11)4-5-12/h1-2,7,14H,3-6,8H2. The minimum atomic E-state index is -0.0959. The van der Waals surface area contributed by atoms with E-state index in [1.165, 1.54) is 24.0 Å². The van der Waals surface area contributed by atoms with Crippen molar-refractivity contribution in [1.82, 2.24) is 5.32 Å². The molecule has 1 fully saturated rings. The number of nitrogens with one attached hydrogen (secondary N) is 1. The van der Waals surface area contributed by atoms with E-state index in [9.17, 15) is 4.39 Å². The molecule has 0 unspecified atom stereocenters. The molecule has 1 N–H and O–H groups in total. The summed E-state index contributed by atoms with van der Waals surface area (Å²) in [5, 5.41) is 3.44. The summed E-state index contributed by atoms with van der Waals surface area (Å²) in [4.78, 5) is 0. The zero-order chi connectivity index (χ0) is 9.60. The Labute approximate surface area is 83.3 Å².